The van der Waals surface area contributed by atoms with Crippen molar-refractivity contribution in [2.24, 2.45) is 0 Å². The van der Waals surface area contributed by atoms with Crippen molar-refractivity contribution in [1.82, 2.24) is 0 Å². The maximum atomic E-state index is 10.7. The van der Waals surface area contributed by atoms with Gasteiger partial charge in [0, 0.05) is 34.4 Å². The number of anilines is 1. The fourth-order valence-electron chi connectivity index (χ4n) is 1.85. The standard InChI is InChI=1S/C14H13BrN2O3/c1-9-6-12(17(19)20)3-4-13(9)16-8-10-7-11(15)2-5-14(10)18/h2-7,16,18H,8H2,1H3. The second kappa shape index (κ2) is 5.92. The monoisotopic (exact) mass is 336 g/mol. The molecule has 2 N–H and O–H groups in total. The number of non-ortho nitro benzene ring substituents is 1. The van der Waals surface area contributed by atoms with Crippen LogP contribution in [0.25, 0.3) is 0 Å². The van der Waals surface area contributed by atoms with Gasteiger partial charge in [0.2, 0.25) is 0 Å². The number of halogens is 1. The highest BCUT2D eigenvalue weighted by molar-refractivity contribution is 9.10. The van der Waals surface area contributed by atoms with Crippen LogP contribution >= 0.6 is 15.9 Å². The summed E-state index contributed by atoms with van der Waals surface area (Å²) in [6, 6.07) is 9.84. The lowest BCUT2D eigenvalue weighted by Crippen LogP contribution is -2.02. The van der Waals surface area contributed by atoms with Crippen molar-refractivity contribution in [3.8, 4) is 5.75 Å². The Bertz CT molecular complexity index is 659. The first-order valence-corrected chi connectivity index (χ1v) is 6.73. The minimum Gasteiger partial charge on any atom is -0.508 e. The van der Waals surface area contributed by atoms with Crippen LogP contribution in [0.3, 0.4) is 0 Å². The second-order valence-corrected chi connectivity index (χ2v) is 5.30. The van der Waals surface area contributed by atoms with E-state index in [1.54, 1.807) is 25.1 Å². The maximum absolute atomic E-state index is 10.7. The molecule has 0 saturated heterocycles. The van der Waals surface area contributed by atoms with Gasteiger partial charge in [-0.1, -0.05) is 15.9 Å². The van der Waals surface area contributed by atoms with Crippen LogP contribution in [0.2, 0.25) is 0 Å². The van der Waals surface area contributed by atoms with Crippen molar-refractivity contribution in [2.75, 3.05) is 5.32 Å². The maximum Gasteiger partial charge on any atom is 0.269 e. The molecule has 2 aromatic carbocycles. The Morgan fingerprint density at radius 2 is 2.05 bits per heavy atom. The van der Waals surface area contributed by atoms with E-state index in [4.69, 9.17) is 0 Å². The van der Waals surface area contributed by atoms with E-state index in [9.17, 15) is 15.2 Å². The van der Waals surface area contributed by atoms with Gasteiger partial charge in [-0.25, -0.2) is 0 Å². The van der Waals surface area contributed by atoms with Gasteiger partial charge in [0.1, 0.15) is 5.75 Å². The molecule has 0 aromatic heterocycles. The molecule has 0 saturated carbocycles. The Balaban J connectivity index is 2.15. The van der Waals surface area contributed by atoms with Crippen LogP contribution in [-0.4, -0.2) is 10.0 Å². The van der Waals surface area contributed by atoms with Crippen molar-refractivity contribution in [3.05, 3.63) is 62.1 Å². The number of phenols is 1. The second-order valence-electron chi connectivity index (χ2n) is 4.38. The Morgan fingerprint density at radius 1 is 1.30 bits per heavy atom. The van der Waals surface area contributed by atoms with Gasteiger partial charge in [-0.05, 0) is 36.8 Å². The molecule has 0 aliphatic carbocycles. The first kappa shape index (κ1) is 14.3. The molecule has 0 amide bonds. The molecule has 0 atom stereocenters. The van der Waals surface area contributed by atoms with E-state index in [1.807, 2.05) is 6.07 Å². The number of nitro groups is 1. The van der Waals surface area contributed by atoms with Crippen molar-refractivity contribution in [3.63, 3.8) is 0 Å². The molecule has 0 unspecified atom stereocenters. The number of hydrogen-bond acceptors (Lipinski definition) is 4. The molecule has 2 aromatic rings. The summed E-state index contributed by atoms with van der Waals surface area (Å²) in [5.41, 5.74) is 2.40. The molecule has 0 fully saturated rings. The van der Waals surface area contributed by atoms with Crippen molar-refractivity contribution < 1.29 is 10.0 Å². The van der Waals surface area contributed by atoms with E-state index < -0.39 is 4.92 Å². The quantitative estimate of drug-likeness (QED) is 0.654. The third kappa shape index (κ3) is 3.27. The number of rotatable bonds is 4. The predicted molar refractivity (Wildman–Crippen MR) is 81.0 cm³/mol. The normalized spacial score (nSPS) is 10.3. The molecule has 0 radical (unpaired) electrons. The number of nitrogens with one attached hydrogen (secondary N) is 1. The predicted octanol–water partition coefficient (Wildman–Crippen LogP) is 3.98. The van der Waals surface area contributed by atoms with Crippen LogP contribution in [0.5, 0.6) is 5.75 Å². The van der Waals surface area contributed by atoms with Crippen LogP contribution in [0.4, 0.5) is 11.4 Å². The fourth-order valence-corrected chi connectivity index (χ4v) is 2.25. The average Bonchev–Trinajstić information content (AvgIpc) is 2.40. The lowest BCUT2D eigenvalue weighted by atomic mass is 10.1. The molecule has 0 spiro atoms. The molecule has 0 aliphatic rings. The van der Waals surface area contributed by atoms with Gasteiger partial charge in [0.25, 0.3) is 5.69 Å². The highest BCUT2D eigenvalue weighted by Crippen LogP contribution is 2.25. The van der Waals surface area contributed by atoms with Crippen molar-refractivity contribution in [2.45, 2.75) is 13.5 Å². The minimum atomic E-state index is -0.420. The van der Waals surface area contributed by atoms with Gasteiger partial charge in [-0.2, -0.15) is 0 Å². The number of hydrogen-bond donors (Lipinski definition) is 2. The highest BCUT2D eigenvalue weighted by Gasteiger charge is 2.08. The molecule has 0 heterocycles. The average molecular weight is 337 g/mol. The summed E-state index contributed by atoms with van der Waals surface area (Å²) in [7, 11) is 0. The zero-order valence-electron chi connectivity index (χ0n) is 10.8. The summed E-state index contributed by atoms with van der Waals surface area (Å²) >= 11 is 3.35. The zero-order chi connectivity index (χ0) is 14.7. The van der Waals surface area contributed by atoms with E-state index in [2.05, 4.69) is 21.2 Å². The SMILES string of the molecule is Cc1cc([N+](=O)[O-])ccc1NCc1cc(Br)ccc1O. The Labute approximate surface area is 124 Å². The van der Waals surface area contributed by atoms with Crippen molar-refractivity contribution in [1.29, 1.82) is 0 Å². The molecular formula is C14H13BrN2O3. The highest BCUT2D eigenvalue weighted by atomic mass is 79.9. The Morgan fingerprint density at radius 3 is 2.70 bits per heavy atom. The van der Waals surface area contributed by atoms with Gasteiger partial charge in [0.15, 0.2) is 0 Å². The van der Waals surface area contributed by atoms with Gasteiger partial charge in [0.05, 0.1) is 4.92 Å². The van der Waals surface area contributed by atoms with Crippen LogP contribution in [0.1, 0.15) is 11.1 Å². The number of nitrogens with zero attached hydrogens (tertiary/aromatic N) is 1. The zero-order valence-corrected chi connectivity index (χ0v) is 12.3. The van der Waals surface area contributed by atoms with E-state index in [0.717, 1.165) is 21.3 Å². The van der Waals surface area contributed by atoms with Crippen LogP contribution in [0.15, 0.2) is 40.9 Å². The van der Waals surface area contributed by atoms with Gasteiger partial charge < -0.3 is 10.4 Å². The Kier molecular flexibility index (Phi) is 4.24. The summed E-state index contributed by atoms with van der Waals surface area (Å²) in [5, 5.41) is 23.6. The Hall–Kier alpha value is -2.08. The van der Waals surface area contributed by atoms with Gasteiger partial charge >= 0.3 is 0 Å². The molecule has 5 nitrogen and oxygen atoms in total. The molecule has 20 heavy (non-hydrogen) atoms. The lowest BCUT2D eigenvalue weighted by Gasteiger charge is -2.11. The summed E-state index contributed by atoms with van der Waals surface area (Å²) in [6.45, 7) is 2.24. The fraction of sp³-hybridized carbons (Fsp3) is 0.143. The lowest BCUT2D eigenvalue weighted by molar-refractivity contribution is -0.384. The molecule has 0 aliphatic heterocycles. The third-order valence-electron chi connectivity index (χ3n) is 2.93. The summed E-state index contributed by atoms with van der Waals surface area (Å²) in [4.78, 5) is 10.3. The molecule has 2 rings (SSSR count). The molecule has 6 heteroatoms. The number of aromatic hydroxyl groups is 1. The number of phenolic OH excluding ortho intramolecular Hbond substituents is 1. The van der Waals surface area contributed by atoms with E-state index >= 15 is 0 Å². The summed E-state index contributed by atoms with van der Waals surface area (Å²) < 4.78 is 0.882. The first-order chi connectivity index (χ1) is 9.47. The number of nitro benzene ring substituents is 1. The number of benzene rings is 2. The molecule has 0 bridgehead atoms. The largest absolute Gasteiger partial charge is 0.508 e. The molecular weight excluding hydrogens is 324 g/mol. The minimum absolute atomic E-state index is 0.0679. The third-order valence-corrected chi connectivity index (χ3v) is 3.42. The topological polar surface area (TPSA) is 75.4 Å². The number of aryl methyl sites for hydroxylation is 1. The molecule has 104 valence electrons. The van der Waals surface area contributed by atoms with Crippen LogP contribution in [0, 0.1) is 17.0 Å². The van der Waals surface area contributed by atoms with Gasteiger partial charge in [-0.3, -0.25) is 10.1 Å². The van der Waals surface area contributed by atoms with Crippen LogP contribution in [-0.2, 0) is 6.54 Å². The summed E-state index contributed by atoms with van der Waals surface area (Å²) in [5.74, 6) is 0.209. The van der Waals surface area contributed by atoms with Gasteiger partial charge in [-0.15, -0.1) is 0 Å². The van der Waals surface area contributed by atoms with Crippen LogP contribution < -0.4 is 5.32 Å². The van der Waals surface area contributed by atoms with Crippen molar-refractivity contribution >= 4 is 27.3 Å². The van der Waals surface area contributed by atoms with E-state index in [0.29, 0.717) is 6.54 Å². The smallest absolute Gasteiger partial charge is 0.269 e. The van der Waals surface area contributed by atoms with E-state index in [1.165, 1.54) is 12.1 Å². The van der Waals surface area contributed by atoms with E-state index in [-0.39, 0.29) is 11.4 Å². The first-order valence-electron chi connectivity index (χ1n) is 5.93. The summed E-state index contributed by atoms with van der Waals surface area (Å²) in [6.07, 6.45) is 0.